The van der Waals surface area contributed by atoms with Gasteiger partial charge in [-0.2, -0.15) is 0 Å². The van der Waals surface area contributed by atoms with E-state index in [4.69, 9.17) is 9.47 Å². The van der Waals surface area contributed by atoms with Crippen LogP contribution in [-0.4, -0.2) is 88.2 Å². The van der Waals surface area contributed by atoms with Gasteiger partial charge in [0, 0.05) is 38.2 Å². The summed E-state index contributed by atoms with van der Waals surface area (Å²) < 4.78 is 11.9. The molecule has 1 aromatic heterocycles. The first kappa shape index (κ1) is 43.7. The Morgan fingerprint density at radius 3 is 1.55 bits per heavy atom. The summed E-state index contributed by atoms with van der Waals surface area (Å²) >= 11 is 0. The van der Waals surface area contributed by atoms with E-state index in [2.05, 4.69) is 31.6 Å². The zero-order chi connectivity index (χ0) is 40.7. The number of carbonyl (C=O) groups excluding carboxylic acids is 6. The van der Waals surface area contributed by atoms with E-state index in [0.717, 1.165) is 11.1 Å². The number of hydrogen-bond donors (Lipinski definition) is 5. The SMILES string of the molecule is COC(=O)[C@H](C)NC(=O)[C@H](CC(C)C)NC(=O)[C@H](Cc1ccccc1)NC(=O)[C@H](Cc1ccccc1)NC(=O)[C@H](Cc1cncn1C)NC(=O)OC(C)(C)C. The van der Waals surface area contributed by atoms with E-state index in [1.807, 2.05) is 26.0 Å². The van der Waals surface area contributed by atoms with E-state index in [9.17, 15) is 28.8 Å². The Morgan fingerprint density at radius 2 is 1.13 bits per heavy atom. The first-order chi connectivity index (χ1) is 25.9. The maximum absolute atomic E-state index is 14.3. The van der Waals surface area contributed by atoms with Crippen molar-refractivity contribution in [3.8, 4) is 0 Å². The van der Waals surface area contributed by atoms with Crippen molar-refractivity contribution in [2.75, 3.05) is 7.11 Å². The Morgan fingerprint density at radius 1 is 0.673 bits per heavy atom. The highest BCUT2D eigenvalue weighted by molar-refractivity contribution is 5.96. The minimum atomic E-state index is -1.20. The van der Waals surface area contributed by atoms with Gasteiger partial charge in [-0.3, -0.25) is 19.2 Å². The van der Waals surface area contributed by atoms with E-state index in [-0.39, 0.29) is 31.6 Å². The Labute approximate surface area is 322 Å². The van der Waals surface area contributed by atoms with Crippen molar-refractivity contribution in [3.63, 3.8) is 0 Å². The molecular formula is C40H55N7O8. The number of hydrogen-bond acceptors (Lipinski definition) is 9. The number of ether oxygens (including phenoxy) is 2. The molecule has 2 aromatic carbocycles. The number of nitrogens with one attached hydrogen (secondary N) is 5. The van der Waals surface area contributed by atoms with Gasteiger partial charge in [0.15, 0.2) is 0 Å². The maximum Gasteiger partial charge on any atom is 0.408 e. The van der Waals surface area contributed by atoms with Crippen molar-refractivity contribution >= 4 is 35.7 Å². The molecule has 15 nitrogen and oxygen atoms in total. The second kappa shape index (κ2) is 20.7. The fourth-order valence-electron chi connectivity index (χ4n) is 5.64. The van der Waals surface area contributed by atoms with Crippen molar-refractivity contribution in [2.24, 2.45) is 13.0 Å². The van der Waals surface area contributed by atoms with Crippen LogP contribution >= 0.6 is 0 Å². The van der Waals surface area contributed by atoms with Crippen LogP contribution in [0.3, 0.4) is 0 Å². The first-order valence-corrected chi connectivity index (χ1v) is 18.3. The third-order valence-electron chi connectivity index (χ3n) is 8.42. The van der Waals surface area contributed by atoms with Crippen LogP contribution in [0.15, 0.2) is 73.2 Å². The lowest BCUT2D eigenvalue weighted by molar-refractivity contribution is -0.145. The molecule has 1 heterocycles. The summed E-state index contributed by atoms with van der Waals surface area (Å²) in [6, 6.07) is 12.5. The van der Waals surface area contributed by atoms with Gasteiger partial charge >= 0.3 is 12.1 Å². The van der Waals surface area contributed by atoms with E-state index >= 15 is 0 Å². The van der Waals surface area contributed by atoms with Crippen LogP contribution in [-0.2, 0) is 59.8 Å². The standard InChI is InChI=1S/C40H55N7O8/c1-25(2)19-30(34(48)42-26(3)38(52)54-8)43-35(49)31(20-27-15-11-9-12-16-27)44-36(50)32(21-28-17-13-10-14-18-28)45-37(51)33(22-29-23-41-24-47(29)7)46-39(53)55-40(4,5)6/h9-18,23-26,30-33H,19-22H2,1-8H3,(H,42,48)(H,43,49)(H,44,50)(H,45,51)(H,46,53)/t26-,30-,31-,32-,33-/m0/s1. The van der Waals surface area contributed by atoms with Crippen LogP contribution in [0.2, 0.25) is 0 Å². The molecule has 5 amide bonds. The normalized spacial score (nSPS) is 14.0. The topological polar surface area (TPSA) is 199 Å². The fraction of sp³-hybridized carbons (Fsp3) is 0.475. The van der Waals surface area contributed by atoms with Gasteiger partial charge in [0.25, 0.3) is 0 Å². The van der Waals surface area contributed by atoms with Gasteiger partial charge in [0.1, 0.15) is 35.8 Å². The number of aromatic nitrogens is 2. The smallest absolute Gasteiger partial charge is 0.408 e. The van der Waals surface area contributed by atoms with E-state index < -0.39 is 71.5 Å². The van der Waals surface area contributed by atoms with Crippen molar-refractivity contribution in [2.45, 2.75) is 103 Å². The number of amides is 5. The molecule has 5 atom stereocenters. The first-order valence-electron chi connectivity index (χ1n) is 18.3. The number of alkyl carbamates (subject to hydrolysis) is 1. The summed E-state index contributed by atoms with van der Waals surface area (Å²) in [6.07, 6.45) is 2.70. The highest BCUT2D eigenvalue weighted by Crippen LogP contribution is 2.12. The number of benzene rings is 2. The maximum atomic E-state index is 14.3. The molecule has 3 rings (SSSR count). The second-order valence-corrected chi connectivity index (χ2v) is 14.8. The van der Waals surface area contributed by atoms with Gasteiger partial charge in [0.2, 0.25) is 23.6 Å². The van der Waals surface area contributed by atoms with Crippen LogP contribution in [0.1, 0.15) is 64.8 Å². The minimum absolute atomic E-state index is 0.0225. The van der Waals surface area contributed by atoms with E-state index in [1.54, 1.807) is 93.4 Å². The minimum Gasteiger partial charge on any atom is -0.467 e. The highest BCUT2D eigenvalue weighted by Gasteiger charge is 2.33. The van der Waals surface area contributed by atoms with Gasteiger partial charge in [-0.25, -0.2) is 14.6 Å². The van der Waals surface area contributed by atoms with Crippen molar-refractivity contribution in [3.05, 3.63) is 90.0 Å². The Hall–Kier alpha value is -5.73. The second-order valence-electron chi connectivity index (χ2n) is 14.8. The third-order valence-corrected chi connectivity index (χ3v) is 8.42. The van der Waals surface area contributed by atoms with Crippen LogP contribution in [0, 0.1) is 5.92 Å². The molecular weight excluding hydrogens is 706 g/mol. The number of methoxy groups -OCH3 is 1. The lowest BCUT2D eigenvalue weighted by atomic mass is 10.00. The molecule has 0 fully saturated rings. The molecule has 0 radical (unpaired) electrons. The quantitative estimate of drug-likeness (QED) is 0.121. The summed E-state index contributed by atoms with van der Waals surface area (Å²) in [5, 5.41) is 13.6. The van der Waals surface area contributed by atoms with E-state index in [0.29, 0.717) is 5.69 Å². The fourth-order valence-corrected chi connectivity index (χ4v) is 5.64. The van der Waals surface area contributed by atoms with Crippen LogP contribution in [0.4, 0.5) is 4.79 Å². The summed E-state index contributed by atoms with van der Waals surface area (Å²) in [5.41, 5.74) is 1.26. The molecule has 0 saturated carbocycles. The zero-order valence-electron chi connectivity index (χ0n) is 32.9. The Bertz CT molecular complexity index is 1740. The highest BCUT2D eigenvalue weighted by atomic mass is 16.6. The van der Waals surface area contributed by atoms with Gasteiger partial charge in [0.05, 0.1) is 13.4 Å². The number of nitrogens with zero attached hydrogens (tertiary/aromatic N) is 2. The van der Waals surface area contributed by atoms with Gasteiger partial charge in [-0.1, -0.05) is 74.5 Å². The van der Waals surface area contributed by atoms with Crippen LogP contribution in [0.25, 0.3) is 0 Å². The number of rotatable bonds is 18. The van der Waals surface area contributed by atoms with Crippen molar-refractivity contribution < 1.29 is 38.2 Å². The molecule has 15 heteroatoms. The Kier molecular flexibility index (Phi) is 16.4. The molecule has 0 unspecified atom stereocenters. The number of imidazole rings is 1. The third kappa shape index (κ3) is 14.9. The largest absolute Gasteiger partial charge is 0.467 e. The zero-order valence-corrected chi connectivity index (χ0v) is 32.9. The van der Waals surface area contributed by atoms with Crippen LogP contribution in [0.5, 0.6) is 0 Å². The molecule has 3 aromatic rings. The number of esters is 1. The number of aryl methyl sites for hydroxylation is 1. The van der Waals surface area contributed by atoms with Gasteiger partial charge in [-0.15, -0.1) is 0 Å². The summed E-state index contributed by atoms with van der Waals surface area (Å²) in [7, 11) is 2.96. The predicted molar refractivity (Wildman–Crippen MR) is 205 cm³/mol. The molecule has 0 aliphatic rings. The monoisotopic (exact) mass is 761 g/mol. The molecule has 298 valence electrons. The van der Waals surface area contributed by atoms with Crippen molar-refractivity contribution in [1.29, 1.82) is 0 Å². The molecule has 0 aliphatic carbocycles. The van der Waals surface area contributed by atoms with Crippen LogP contribution < -0.4 is 26.6 Å². The molecule has 0 spiro atoms. The average Bonchev–Trinajstić information content (AvgIpc) is 3.53. The van der Waals surface area contributed by atoms with Gasteiger partial charge in [-0.05, 0) is 51.2 Å². The predicted octanol–water partition coefficient (Wildman–Crippen LogP) is 2.52. The Balaban J connectivity index is 1.94. The number of carbonyl (C=O) groups is 6. The summed E-state index contributed by atoms with van der Waals surface area (Å²) in [4.78, 5) is 84.7. The summed E-state index contributed by atoms with van der Waals surface area (Å²) in [5.74, 6) is -3.24. The lowest BCUT2D eigenvalue weighted by Crippen LogP contribution is -2.60. The lowest BCUT2D eigenvalue weighted by Gasteiger charge is -2.28. The van der Waals surface area contributed by atoms with Crippen molar-refractivity contribution in [1.82, 2.24) is 36.1 Å². The summed E-state index contributed by atoms with van der Waals surface area (Å²) in [6.45, 7) is 10.3. The molecule has 0 bridgehead atoms. The molecule has 0 aliphatic heterocycles. The molecule has 0 saturated heterocycles. The van der Waals surface area contributed by atoms with E-state index in [1.165, 1.54) is 14.0 Å². The van der Waals surface area contributed by atoms with Gasteiger partial charge < -0.3 is 40.6 Å². The molecule has 5 N–H and O–H groups in total. The molecule has 55 heavy (non-hydrogen) atoms. The average molecular weight is 762 g/mol.